The first-order valence-corrected chi connectivity index (χ1v) is 9.99. The van der Waals surface area contributed by atoms with E-state index in [9.17, 15) is 0 Å². The summed E-state index contributed by atoms with van der Waals surface area (Å²) in [5.41, 5.74) is 4.99. The van der Waals surface area contributed by atoms with Crippen LogP contribution in [0.5, 0.6) is 5.75 Å². The van der Waals surface area contributed by atoms with Gasteiger partial charge in [0.1, 0.15) is 5.75 Å². The van der Waals surface area contributed by atoms with Gasteiger partial charge in [0, 0.05) is 34.0 Å². The standard InChI is InChI=1S/C21H22Cl2N2O/c22-10-1-2-12-26-16-6-3-14(4-7-16)20-21-17(9-11-24-20)18-13-15(23)5-8-19(18)25-21/h3-8,13,20,24-25H,1-2,9-12H2. The molecule has 1 aromatic heterocycles. The highest BCUT2D eigenvalue weighted by Crippen LogP contribution is 2.35. The van der Waals surface area contributed by atoms with Crippen molar-refractivity contribution in [1.82, 2.24) is 10.3 Å². The first-order chi connectivity index (χ1) is 12.8. The summed E-state index contributed by atoms with van der Waals surface area (Å²) in [5.74, 6) is 1.59. The van der Waals surface area contributed by atoms with Crippen molar-refractivity contribution in [2.24, 2.45) is 0 Å². The van der Waals surface area contributed by atoms with Gasteiger partial charge in [0.25, 0.3) is 0 Å². The van der Waals surface area contributed by atoms with Crippen LogP contribution in [0.15, 0.2) is 42.5 Å². The summed E-state index contributed by atoms with van der Waals surface area (Å²) in [7, 11) is 0. The number of hydrogen-bond donors (Lipinski definition) is 2. The Balaban J connectivity index is 1.57. The highest BCUT2D eigenvalue weighted by Gasteiger charge is 2.25. The predicted octanol–water partition coefficient (Wildman–Crippen LogP) is 5.45. The maximum Gasteiger partial charge on any atom is 0.119 e. The van der Waals surface area contributed by atoms with Gasteiger partial charge in [-0.3, -0.25) is 0 Å². The van der Waals surface area contributed by atoms with Gasteiger partial charge in [0.15, 0.2) is 0 Å². The molecule has 2 aromatic carbocycles. The molecule has 3 aromatic rings. The largest absolute Gasteiger partial charge is 0.494 e. The van der Waals surface area contributed by atoms with Gasteiger partial charge in [-0.25, -0.2) is 0 Å². The number of alkyl halides is 1. The summed E-state index contributed by atoms with van der Waals surface area (Å²) in [6.45, 7) is 1.66. The highest BCUT2D eigenvalue weighted by atomic mass is 35.5. The summed E-state index contributed by atoms with van der Waals surface area (Å²) >= 11 is 11.9. The molecule has 0 radical (unpaired) electrons. The number of unbranched alkanes of at least 4 members (excludes halogenated alkanes) is 1. The van der Waals surface area contributed by atoms with Crippen LogP contribution in [0, 0.1) is 0 Å². The minimum atomic E-state index is 0.162. The monoisotopic (exact) mass is 388 g/mol. The number of aromatic nitrogens is 1. The molecule has 0 saturated carbocycles. The lowest BCUT2D eigenvalue weighted by atomic mass is 9.94. The second kappa shape index (κ2) is 7.91. The summed E-state index contributed by atoms with van der Waals surface area (Å²) in [6.07, 6.45) is 2.98. The zero-order valence-electron chi connectivity index (χ0n) is 14.5. The number of ether oxygens (including phenoxy) is 1. The SMILES string of the molecule is ClCCCCOc1ccc(C2NCCc3c2[nH]c2ccc(Cl)cc32)cc1. The highest BCUT2D eigenvalue weighted by molar-refractivity contribution is 6.31. The van der Waals surface area contributed by atoms with Gasteiger partial charge < -0.3 is 15.0 Å². The van der Waals surface area contributed by atoms with Crippen LogP contribution in [0.4, 0.5) is 0 Å². The van der Waals surface area contributed by atoms with Crippen LogP contribution in [0.3, 0.4) is 0 Å². The molecule has 5 heteroatoms. The predicted molar refractivity (Wildman–Crippen MR) is 109 cm³/mol. The third-order valence-corrected chi connectivity index (χ3v) is 5.43. The molecule has 136 valence electrons. The van der Waals surface area contributed by atoms with Crippen molar-refractivity contribution >= 4 is 34.1 Å². The maximum atomic E-state index is 6.20. The first kappa shape index (κ1) is 17.7. The fraction of sp³-hybridized carbons (Fsp3) is 0.333. The molecule has 1 unspecified atom stereocenters. The van der Waals surface area contributed by atoms with Crippen molar-refractivity contribution in [3.63, 3.8) is 0 Å². The molecule has 0 bridgehead atoms. The average molecular weight is 389 g/mol. The fourth-order valence-electron chi connectivity index (χ4n) is 3.63. The molecule has 1 atom stereocenters. The van der Waals surface area contributed by atoms with E-state index >= 15 is 0 Å². The van der Waals surface area contributed by atoms with Gasteiger partial charge in [0.2, 0.25) is 0 Å². The molecule has 0 amide bonds. The van der Waals surface area contributed by atoms with Crippen LogP contribution in [0.25, 0.3) is 10.9 Å². The number of benzene rings is 2. The molecule has 1 aliphatic heterocycles. The molecular weight excluding hydrogens is 367 g/mol. The second-order valence-electron chi connectivity index (χ2n) is 6.66. The van der Waals surface area contributed by atoms with Crippen molar-refractivity contribution in [2.75, 3.05) is 19.0 Å². The van der Waals surface area contributed by atoms with E-state index in [0.29, 0.717) is 12.5 Å². The minimum Gasteiger partial charge on any atom is -0.494 e. The smallest absolute Gasteiger partial charge is 0.119 e. The molecule has 0 saturated heterocycles. The summed E-state index contributed by atoms with van der Waals surface area (Å²) < 4.78 is 5.78. The number of rotatable bonds is 6. The Hall–Kier alpha value is -1.68. The number of aromatic amines is 1. The Kier molecular flexibility index (Phi) is 5.39. The van der Waals surface area contributed by atoms with E-state index in [4.69, 9.17) is 27.9 Å². The quantitative estimate of drug-likeness (QED) is 0.434. The molecule has 2 heterocycles. The van der Waals surface area contributed by atoms with Gasteiger partial charge in [-0.15, -0.1) is 11.6 Å². The van der Waals surface area contributed by atoms with Crippen molar-refractivity contribution in [3.8, 4) is 5.75 Å². The molecule has 4 rings (SSSR count). The van der Waals surface area contributed by atoms with E-state index in [0.717, 1.165) is 42.1 Å². The Labute approximate surface area is 163 Å². The zero-order valence-corrected chi connectivity index (χ0v) is 16.0. The van der Waals surface area contributed by atoms with E-state index in [-0.39, 0.29) is 6.04 Å². The molecule has 0 fully saturated rings. The maximum absolute atomic E-state index is 6.20. The van der Waals surface area contributed by atoms with Gasteiger partial charge >= 0.3 is 0 Å². The molecule has 26 heavy (non-hydrogen) atoms. The molecule has 0 aliphatic carbocycles. The minimum absolute atomic E-state index is 0.162. The molecule has 0 spiro atoms. The lowest BCUT2D eigenvalue weighted by molar-refractivity contribution is 0.309. The lowest BCUT2D eigenvalue weighted by Gasteiger charge is -2.25. The third-order valence-electron chi connectivity index (χ3n) is 4.92. The molecular formula is C21H22Cl2N2O. The van der Waals surface area contributed by atoms with Gasteiger partial charge in [0.05, 0.1) is 12.6 Å². The Morgan fingerprint density at radius 1 is 1.08 bits per heavy atom. The Morgan fingerprint density at radius 2 is 1.92 bits per heavy atom. The van der Waals surface area contributed by atoms with E-state index in [1.54, 1.807) is 0 Å². The number of nitrogens with one attached hydrogen (secondary N) is 2. The normalized spacial score (nSPS) is 16.6. The van der Waals surface area contributed by atoms with Gasteiger partial charge in [-0.2, -0.15) is 0 Å². The Morgan fingerprint density at radius 3 is 2.73 bits per heavy atom. The lowest BCUT2D eigenvalue weighted by Crippen LogP contribution is -2.30. The van der Waals surface area contributed by atoms with E-state index in [1.807, 2.05) is 18.2 Å². The van der Waals surface area contributed by atoms with Crippen molar-refractivity contribution < 1.29 is 4.74 Å². The van der Waals surface area contributed by atoms with Gasteiger partial charge in [-0.05, 0) is 60.7 Å². The molecule has 1 aliphatic rings. The van der Waals surface area contributed by atoms with Crippen LogP contribution in [0.1, 0.15) is 35.7 Å². The topological polar surface area (TPSA) is 37.0 Å². The van der Waals surface area contributed by atoms with Gasteiger partial charge in [-0.1, -0.05) is 23.7 Å². The molecule has 3 nitrogen and oxygen atoms in total. The van der Waals surface area contributed by atoms with Crippen LogP contribution < -0.4 is 10.1 Å². The first-order valence-electron chi connectivity index (χ1n) is 9.08. The van der Waals surface area contributed by atoms with Crippen LogP contribution in [-0.4, -0.2) is 24.0 Å². The van der Waals surface area contributed by atoms with Crippen molar-refractivity contribution in [1.29, 1.82) is 0 Å². The Bertz CT molecular complexity index is 889. The van der Waals surface area contributed by atoms with Crippen molar-refractivity contribution in [2.45, 2.75) is 25.3 Å². The van der Waals surface area contributed by atoms with E-state index < -0.39 is 0 Å². The zero-order chi connectivity index (χ0) is 17.9. The number of fused-ring (bicyclic) bond motifs is 3. The average Bonchev–Trinajstić information content (AvgIpc) is 3.04. The van der Waals surface area contributed by atoms with Crippen LogP contribution >= 0.6 is 23.2 Å². The van der Waals surface area contributed by atoms with Crippen LogP contribution in [-0.2, 0) is 6.42 Å². The summed E-state index contributed by atoms with van der Waals surface area (Å²) in [6, 6.07) is 14.6. The number of halogens is 2. The molecule has 2 N–H and O–H groups in total. The number of H-pyrrole nitrogens is 1. The summed E-state index contributed by atoms with van der Waals surface area (Å²) in [5, 5.41) is 5.64. The van der Waals surface area contributed by atoms with Crippen molar-refractivity contribution in [3.05, 3.63) is 64.3 Å². The third kappa shape index (κ3) is 3.57. The number of hydrogen-bond acceptors (Lipinski definition) is 2. The second-order valence-corrected chi connectivity index (χ2v) is 7.47. The fourth-order valence-corrected chi connectivity index (χ4v) is 3.99. The summed E-state index contributed by atoms with van der Waals surface area (Å²) in [4.78, 5) is 3.59. The van der Waals surface area contributed by atoms with E-state index in [1.165, 1.54) is 22.2 Å². The van der Waals surface area contributed by atoms with Crippen LogP contribution in [0.2, 0.25) is 5.02 Å². The van der Waals surface area contributed by atoms with E-state index in [2.05, 4.69) is 34.6 Å².